The number of carboxylic acids is 1. The molecule has 1 aromatic rings. The van der Waals surface area contributed by atoms with Crippen molar-refractivity contribution in [3.05, 3.63) is 28.8 Å². The monoisotopic (exact) mass is 319 g/mol. The number of ether oxygens (including phenoxy) is 1. The second-order valence-corrected chi connectivity index (χ2v) is 6.18. The summed E-state index contributed by atoms with van der Waals surface area (Å²) < 4.78 is 5.32. The quantitative estimate of drug-likeness (QED) is 0.925. The van der Waals surface area contributed by atoms with Crippen molar-refractivity contribution in [2.45, 2.75) is 46.0 Å². The molecule has 2 rings (SSSR count). The molecule has 0 aromatic heterocycles. The van der Waals surface area contributed by atoms with E-state index < -0.39 is 5.97 Å². The van der Waals surface area contributed by atoms with E-state index in [1.807, 2.05) is 18.7 Å². The minimum absolute atomic E-state index is 0.0582. The average Bonchev–Trinajstić information content (AvgIpc) is 2.45. The fraction of sp³-hybridized carbons (Fsp3) is 0.556. The number of hydrogen-bond acceptors (Lipinski definition) is 3. The summed E-state index contributed by atoms with van der Waals surface area (Å²) in [6, 6.07) is 3.59. The molecular weight excluding hydrogens is 294 g/mol. The third kappa shape index (κ3) is 4.71. The third-order valence-corrected chi connectivity index (χ3v) is 4.19. The van der Waals surface area contributed by atoms with Crippen LogP contribution in [0, 0.1) is 13.8 Å². The second kappa shape index (κ2) is 7.99. The Morgan fingerprint density at radius 3 is 2.09 bits per heavy atom. The first kappa shape index (κ1) is 17.3. The van der Waals surface area contributed by atoms with E-state index in [1.54, 1.807) is 12.1 Å². The van der Waals surface area contributed by atoms with E-state index in [2.05, 4.69) is 0 Å². The van der Waals surface area contributed by atoms with E-state index in [0.717, 1.165) is 37.1 Å². The molecule has 5 heteroatoms. The number of carbonyl (C=O) groups is 2. The third-order valence-electron chi connectivity index (χ3n) is 4.19. The number of carboxylic acid groups (broad SMARTS) is 1. The lowest BCUT2D eigenvalue weighted by Gasteiger charge is -2.25. The summed E-state index contributed by atoms with van der Waals surface area (Å²) in [6.45, 7) is 4.94. The van der Waals surface area contributed by atoms with Crippen molar-refractivity contribution < 1.29 is 19.4 Å². The van der Waals surface area contributed by atoms with Crippen molar-refractivity contribution >= 4 is 11.9 Å². The van der Waals surface area contributed by atoms with Gasteiger partial charge in [-0.05, 0) is 49.9 Å². The van der Waals surface area contributed by atoms with Gasteiger partial charge < -0.3 is 14.7 Å². The van der Waals surface area contributed by atoms with Crippen LogP contribution in [0.3, 0.4) is 0 Å². The summed E-state index contributed by atoms with van der Waals surface area (Å²) in [6.07, 6.45) is 5.75. The summed E-state index contributed by atoms with van der Waals surface area (Å²) >= 11 is 0. The zero-order valence-electron chi connectivity index (χ0n) is 13.9. The first-order chi connectivity index (χ1) is 11.0. The normalized spacial score (nSPS) is 15.7. The van der Waals surface area contributed by atoms with Crippen molar-refractivity contribution in [2.75, 3.05) is 19.7 Å². The molecule has 23 heavy (non-hydrogen) atoms. The SMILES string of the molecule is Cc1cc(C(=O)N2CCCCCCC2)cc(C)c1OCC(=O)O. The molecule has 1 N–H and O–H groups in total. The van der Waals surface area contributed by atoms with Crippen LogP contribution in [-0.4, -0.2) is 41.6 Å². The lowest BCUT2D eigenvalue weighted by atomic mass is 10.0. The molecular formula is C18H25NO4. The molecule has 1 heterocycles. The fourth-order valence-electron chi connectivity index (χ4n) is 3.07. The summed E-state index contributed by atoms with van der Waals surface area (Å²) in [5.74, 6) is -0.399. The number of nitrogens with zero attached hydrogens (tertiary/aromatic N) is 1. The Hall–Kier alpha value is -2.04. The molecule has 0 atom stereocenters. The molecule has 1 saturated heterocycles. The van der Waals surface area contributed by atoms with E-state index in [-0.39, 0.29) is 12.5 Å². The Kier molecular flexibility index (Phi) is 6.02. The topological polar surface area (TPSA) is 66.8 Å². The van der Waals surface area contributed by atoms with Crippen LogP contribution in [0.25, 0.3) is 0 Å². The van der Waals surface area contributed by atoms with Crippen LogP contribution in [0.4, 0.5) is 0 Å². The number of carbonyl (C=O) groups excluding carboxylic acids is 1. The maximum Gasteiger partial charge on any atom is 0.341 e. The Morgan fingerprint density at radius 2 is 1.57 bits per heavy atom. The molecule has 126 valence electrons. The van der Waals surface area contributed by atoms with Crippen molar-refractivity contribution in [1.29, 1.82) is 0 Å². The smallest absolute Gasteiger partial charge is 0.341 e. The van der Waals surface area contributed by atoms with Gasteiger partial charge in [0.2, 0.25) is 0 Å². The van der Waals surface area contributed by atoms with E-state index in [1.165, 1.54) is 19.3 Å². The molecule has 0 aliphatic carbocycles. The number of aryl methyl sites for hydroxylation is 2. The van der Waals surface area contributed by atoms with Gasteiger partial charge in [0, 0.05) is 18.7 Å². The van der Waals surface area contributed by atoms with E-state index in [9.17, 15) is 9.59 Å². The maximum absolute atomic E-state index is 12.7. The molecule has 1 aliphatic heterocycles. The number of hydrogen-bond donors (Lipinski definition) is 1. The molecule has 0 bridgehead atoms. The zero-order chi connectivity index (χ0) is 16.8. The van der Waals surface area contributed by atoms with E-state index in [4.69, 9.17) is 9.84 Å². The predicted octanol–water partition coefficient (Wildman–Crippen LogP) is 3.17. The molecule has 5 nitrogen and oxygen atoms in total. The van der Waals surface area contributed by atoms with Gasteiger partial charge in [0.25, 0.3) is 5.91 Å². The van der Waals surface area contributed by atoms with Gasteiger partial charge in [-0.2, -0.15) is 0 Å². The number of rotatable bonds is 4. The Labute approximate surface area is 137 Å². The van der Waals surface area contributed by atoms with Gasteiger partial charge >= 0.3 is 5.97 Å². The highest BCUT2D eigenvalue weighted by molar-refractivity contribution is 5.95. The van der Waals surface area contributed by atoms with Gasteiger partial charge in [-0.3, -0.25) is 4.79 Å². The van der Waals surface area contributed by atoms with Crippen molar-refractivity contribution in [2.24, 2.45) is 0 Å². The Morgan fingerprint density at radius 1 is 1.04 bits per heavy atom. The molecule has 0 spiro atoms. The van der Waals surface area contributed by atoms with Crippen LogP contribution in [0.1, 0.15) is 53.6 Å². The van der Waals surface area contributed by atoms with Gasteiger partial charge in [0.1, 0.15) is 5.75 Å². The van der Waals surface area contributed by atoms with Gasteiger partial charge in [0.15, 0.2) is 6.61 Å². The van der Waals surface area contributed by atoms with Crippen LogP contribution in [0.2, 0.25) is 0 Å². The summed E-state index contributed by atoms with van der Waals surface area (Å²) in [5, 5.41) is 8.73. The zero-order valence-corrected chi connectivity index (χ0v) is 13.9. The minimum atomic E-state index is -1.01. The first-order valence-corrected chi connectivity index (χ1v) is 8.24. The van der Waals surface area contributed by atoms with Gasteiger partial charge in [-0.25, -0.2) is 4.79 Å². The van der Waals surface area contributed by atoms with Gasteiger partial charge in [0.05, 0.1) is 0 Å². The molecule has 0 unspecified atom stereocenters. The minimum Gasteiger partial charge on any atom is -0.481 e. The number of likely N-dealkylation sites (tertiary alicyclic amines) is 1. The molecule has 0 radical (unpaired) electrons. The van der Waals surface area contributed by atoms with Crippen LogP contribution < -0.4 is 4.74 Å². The predicted molar refractivity (Wildman–Crippen MR) is 88.0 cm³/mol. The number of benzene rings is 1. The highest BCUT2D eigenvalue weighted by Gasteiger charge is 2.19. The molecule has 1 aromatic carbocycles. The lowest BCUT2D eigenvalue weighted by Crippen LogP contribution is -2.33. The van der Waals surface area contributed by atoms with E-state index in [0.29, 0.717) is 11.3 Å². The molecule has 1 fully saturated rings. The highest BCUT2D eigenvalue weighted by Crippen LogP contribution is 2.26. The standard InChI is InChI=1S/C18H25NO4/c1-13-10-15(11-14(2)17(13)23-12-16(20)21)18(22)19-8-6-4-3-5-7-9-19/h10-11H,3-9,12H2,1-2H3,(H,20,21). The molecule has 0 saturated carbocycles. The van der Waals surface area contributed by atoms with Gasteiger partial charge in [-0.1, -0.05) is 19.3 Å². The summed E-state index contributed by atoms with van der Waals surface area (Å²) in [7, 11) is 0. The lowest BCUT2D eigenvalue weighted by molar-refractivity contribution is -0.139. The van der Waals surface area contributed by atoms with Crippen molar-refractivity contribution in [3.63, 3.8) is 0 Å². The van der Waals surface area contributed by atoms with Crippen molar-refractivity contribution in [1.82, 2.24) is 4.90 Å². The molecule has 1 amide bonds. The van der Waals surface area contributed by atoms with Crippen LogP contribution in [-0.2, 0) is 4.79 Å². The van der Waals surface area contributed by atoms with Crippen LogP contribution in [0.5, 0.6) is 5.75 Å². The van der Waals surface area contributed by atoms with Crippen LogP contribution >= 0.6 is 0 Å². The van der Waals surface area contributed by atoms with Gasteiger partial charge in [-0.15, -0.1) is 0 Å². The Bertz CT molecular complexity index is 551. The average molecular weight is 319 g/mol. The second-order valence-electron chi connectivity index (χ2n) is 6.18. The maximum atomic E-state index is 12.7. The number of aliphatic carboxylic acids is 1. The fourth-order valence-corrected chi connectivity index (χ4v) is 3.07. The van der Waals surface area contributed by atoms with E-state index >= 15 is 0 Å². The Balaban J connectivity index is 2.15. The summed E-state index contributed by atoms with van der Waals surface area (Å²) in [4.78, 5) is 25.3. The first-order valence-electron chi connectivity index (χ1n) is 8.24. The van der Waals surface area contributed by atoms with Crippen molar-refractivity contribution in [3.8, 4) is 5.75 Å². The largest absolute Gasteiger partial charge is 0.481 e. The molecule has 1 aliphatic rings. The highest BCUT2D eigenvalue weighted by atomic mass is 16.5. The number of amides is 1. The summed E-state index contributed by atoms with van der Waals surface area (Å²) in [5.41, 5.74) is 2.24. The van der Waals surface area contributed by atoms with Crippen LogP contribution in [0.15, 0.2) is 12.1 Å².